The zero-order valence-electron chi connectivity index (χ0n) is 8.32. The van der Waals surface area contributed by atoms with E-state index in [9.17, 15) is 4.79 Å². The third-order valence-electron chi connectivity index (χ3n) is 2.39. The maximum Gasteiger partial charge on any atom is 0.310 e. The number of hydrogen-bond acceptors (Lipinski definition) is 2. The number of hydrogen-bond donors (Lipinski definition) is 1. The van der Waals surface area contributed by atoms with Crippen molar-refractivity contribution in [3.63, 3.8) is 0 Å². The first-order valence-corrected chi connectivity index (χ1v) is 4.50. The number of allylic oxidation sites excluding steroid dienone is 3. The van der Waals surface area contributed by atoms with Crippen molar-refractivity contribution >= 4 is 5.97 Å². The summed E-state index contributed by atoms with van der Waals surface area (Å²) in [5.74, 6) is -1.32. The Bertz CT molecular complexity index is 345. The predicted octanol–water partition coefficient (Wildman–Crippen LogP) is 2.12. The lowest BCUT2D eigenvalue weighted by Crippen LogP contribution is -2.18. The van der Waals surface area contributed by atoms with Gasteiger partial charge < -0.3 is 5.11 Å². The monoisotopic (exact) mass is 191 g/mol. The van der Waals surface area contributed by atoms with E-state index in [1.807, 2.05) is 12.2 Å². The summed E-state index contributed by atoms with van der Waals surface area (Å²) in [7, 11) is 0. The highest BCUT2D eigenvalue weighted by molar-refractivity contribution is 5.73. The molecule has 0 radical (unpaired) electrons. The van der Waals surface area contributed by atoms with Crippen molar-refractivity contribution in [1.29, 1.82) is 5.26 Å². The second-order valence-electron chi connectivity index (χ2n) is 3.94. The SMILES string of the molecule is CC(C)(C#N)C1=CC(C(=O)O)CC=C1. The first-order chi connectivity index (χ1) is 6.47. The Hall–Kier alpha value is -1.56. The molecule has 0 saturated carbocycles. The standard InChI is InChI=1S/C11H13NO2/c1-11(2,7-12)9-5-3-4-8(6-9)10(13)14/h3,5-6,8H,4H2,1-2H3,(H,13,14). The average molecular weight is 191 g/mol. The van der Waals surface area contributed by atoms with Gasteiger partial charge in [-0.2, -0.15) is 5.26 Å². The quantitative estimate of drug-likeness (QED) is 0.727. The van der Waals surface area contributed by atoms with E-state index < -0.39 is 17.3 Å². The lowest BCUT2D eigenvalue weighted by atomic mass is 9.80. The van der Waals surface area contributed by atoms with E-state index >= 15 is 0 Å². The fraction of sp³-hybridized carbons (Fsp3) is 0.455. The van der Waals surface area contributed by atoms with Gasteiger partial charge in [0, 0.05) is 0 Å². The Morgan fingerprint density at radius 3 is 2.86 bits per heavy atom. The summed E-state index contributed by atoms with van der Waals surface area (Å²) in [6.07, 6.45) is 5.84. The van der Waals surface area contributed by atoms with Gasteiger partial charge in [0.25, 0.3) is 0 Å². The topological polar surface area (TPSA) is 61.1 Å². The Morgan fingerprint density at radius 1 is 1.71 bits per heavy atom. The normalized spacial score (nSPS) is 21.2. The number of nitrogens with zero attached hydrogens (tertiary/aromatic N) is 1. The van der Waals surface area contributed by atoms with Crippen molar-refractivity contribution in [2.75, 3.05) is 0 Å². The molecule has 74 valence electrons. The number of aliphatic carboxylic acids is 1. The predicted molar refractivity (Wildman–Crippen MR) is 52.4 cm³/mol. The molecule has 0 amide bonds. The molecule has 3 heteroatoms. The maximum absolute atomic E-state index is 10.8. The number of carboxylic acids is 1. The highest BCUT2D eigenvalue weighted by Crippen LogP contribution is 2.31. The van der Waals surface area contributed by atoms with Gasteiger partial charge in [0.15, 0.2) is 0 Å². The van der Waals surface area contributed by atoms with E-state index in [4.69, 9.17) is 10.4 Å². The highest BCUT2D eigenvalue weighted by atomic mass is 16.4. The van der Waals surface area contributed by atoms with Crippen LogP contribution in [0.25, 0.3) is 0 Å². The molecule has 14 heavy (non-hydrogen) atoms. The molecule has 0 spiro atoms. The van der Waals surface area contributed by atoms with Gasteiger partial charge >= 0.3 is 5.97 Å². The minimum absolute atomic E-state index is 0.484. The van der Waals surface area contributed by atoms with Crippen molar-refractivity contribution in [2.45, 2.75) is 20.3 Å². The van der Waals surface area contributed by atoms with Crippen LogP contribution in [0.1, 0.15) is 20.3 Å². The van der Waals surface area contributed by atoms with Crippen molar-refractivity contribution in [3.8, 4) is 6.07 Å². The van der Waals surface area contributed by atoms with Crippen LogP contribution in [-0.4, -0.2) is 11.1 Å². The molecule has 0 saturated heterocycles. The fourth-order valence-corrected chi connectivity index (χ4v) is 1.34. The summed E-state index contributed by atoms with van der Waals surface area (Å²) < 4.78 is 0. The Kier molecular flexibility index (Phi) is 2.76. The van der Waals surface area contributed by atoms with Crippen molar-refractivity contribution < 1.29 is 9.90 Å². The number of carboxylic acid groups (broad SMARTS) is 1. The molecule has 1 aliphatic carbocycles. The third-order valence-corrected chi connectivity index (χ3v) is 2.39. The first-order valence-electron chi connectivity index (χ1n) is 4.50. The van der Waals surface area contributed by atoms with Crippen molar-refractivity contribution in [1.82, 2.24) is 0 Å². The van der Waals surface area contributed by atoms with Gasteiger partial charge in [-0.25, -0.2) is 0 Å². The molecule has 0 fully saturated rings. The highest BCUT2D eigenvalue weighted by Gasteiger charge is 2.25. The zero-order valence-corrected chi connectivity index (χ0v) is 8.32. The second-order valence-corrected chi connectivity index (χ2v) is 3.94. The minimum atomic E-state index is -0.833. The lowest BCUT2D eigenvalue weighted by Gasteiger charge is -2.21. The van der Waals surface area contributed by atoms with Crippen LogP contribution in [0, 0.1) is 22.7 Å². The van der Waals surface area contributed by atoms with Crippen LogP contribution in [0.5, 0.6) is 0 Å². The molecule has 1 atom stereocenters. The molecule has 0 heterocycles. The Balaban J connectivity index is 2.96. The molecule has 0 aromatic carbocycles. The average Bonchev–Trinajstić information content (AvgIpc) is 2.18. The second kappa shape index (κ2) is 3.67. The molecule has 3 nitrogen and oxygen atoms in total. The molecule has 1 aliphatic rings. The van der Waals surface area contributed by atoms with Crippen LogP contribution < -0.4 is 0 Å². The van der Waals surface area contributed by atoms with Crippen LogP contribution >= 0.6 is 0 Å². The van der Waals surface area contributed by atoms with E-state index in [1.165, 1.54) is 0 Å². The van der Waals surface area contributed by atoms with Crippen molar-refractivity contribution in [2.24, 2.45) is 11.3 Å². The van der Waals surface area contributed by atoms with Gasteiger partial charge in [-0.3, -0.25) is 4.79 Å². The molecule has 0 bridgehead atoms. The summed E-state index contributed by atoms with van der Waals surface area (Å²) in [6, 6.07) is 2.16. The van der Waals surface area contributed by atoms with Gasteiger partial charge in [0.05, 0.1) is 17.4 Å². The van der Waals surface area contributed by atoms with Gasteiger partial charge in [0.1, 0.15) is 0 Å². The smallest absolute Gasteiger partial charge is 0.310 e. The molecule has 0 aliphatic heterocycles. The van der Waals surface area contributed by atoms with E-state index in [-0.39, 0.29) is 0 Å². The third kappa shape index (κ3) is 2.02. The molecular formula is C11H13NO2. The summed E-state index contributed by atoms with van der Waals surface area (Å²) in [4.78, 5) is 10.8. The van der Waals surface area contributed by atoms with Crippen LogP contribution in [0.3, 0.4) is 0 Å². The van der Waals surface area contributed by atoms with Crippen LogP contribution in [0.4, 0.5) is 0 Å². The minimum Gasteiger partial charge on any atom is -0.481 e. The molecule has 1 N–H and O–H groups in total. The summed E-state index contributed by atoms with van der Waals surface area (Å²) in [5.41, 5.74) is 0.184. The van der Waals surface area contributed by atoms with Crippen LogP contribution in [-0.2, 0) is 4.79 Å². The first kappa shape index (κ1) is 10.5. The van der Waals surface area contributed by atoms with Gasteiger partial charge in [-0.1, -0.05) is 18.2 Å². The van der Waals surface area contributed by atoms with Crippen LogP contribution in [0.15, 0.2) is 23.8 Å². The van der Waals surface area contributed by atoms with E-state index in [0.717, 1.165) is 5.57 Å². The zero-order chi connectivity index (χ0) is 10.8. The summed E-state index contributed by atoms with van der Waals surface area (Å²) >= 11 is 0. The van der Waals surface area contributed by atoms with Gasteiger partial charge in [0.2, 0.25) is 0 Å². The fourth-order valence-electron chi connectivity index (χ4n) is 1.34. The van der Waals surface area contributed by atoms with Gasteiger partial charge in [-0.05, 0) is 25.8 Å². The Labute approximate surface area is 83.4 Å². The van der Waals surface area contributed by atoms with E-state index in [2.05, 4.69) is 6.07 Å². The summed E-state index contributed by atoms with van der Waals surface area (Å²) in [6.45, 7) is 3.57. The molecular weight excluding hydrogens is 178 g/mol. The summed E-state index contributed by atoms with van der Waals surface area (Å²) in [5, 5.41) is 17.7. The number of carbonyl (C=O) groups is 1. The largest absolute Gasteiger partial charge is 0.481 e. The Morgan fingerprint density at radius 2 is 2.36 bits per heavy atom. The molecule has 1 rings (SSSR count). The maximum atomic E-state index is 10.8. The number of rotatable bonds is 2. The van der Waals surface area contributed by atoms with E-state index in [0.29, 0.717) is 6.42 Å². The van der Waals surface area contributed by atoms with E-state index in [1.54, 1.807) is 19.9 Å². The van der Waals surface area contributed by atoms with Crippen molar-refractivity contribution in [3.05, 3.63) is 23.8 Å². The van der Waals surface area contributed by atoms with Crippen LogP contribution in [0.2, 0.25) is 0 Å². The lowest BCUT2D eigenvalue weighted by molar-refractivity contribution is -0.140. The number of nitriles is 1. The van der Waals surface area contributed by atoms with Gasteiger partial charge in [-0.15, -0.1) is 0 Å². The molecule has 0 aromatic rings. The molecule has 1 unspecified atom stereocenters. The molecule has 0 aromatic heterocycles.